The predicted octanol–water partition coefficient (Wildman–Crippen LogP) is 4.05. The largest absolute Gasteiger partial charge is 0.493 e. The second-order valence-electron chi connectivity index (χ2n) is 6.47. The SMILES string of the molecule is Cc1ccc(C)c(OCCCn2c(CCCO)nc3ccccc32)c1. The molecule has 0 saturated carbocycles. The fourth-order valence-corrected chi connectivity index (χ4v) is 3.07. The lowest BCUT2D eigenvalue weighted by atomic mass is 10.1. The molecule has 0 unspecified atom stereocenters. The van der Waals surface area contributed by atoms with E-state index in [1.807, 2.05) is 18.2 Å². The third kappa shape index (κ3) is 4.20. The van der Waals surface area contributed by atoms with Crippen molar-refractivity contribution in [3.63, 3.8) is 0 Å². The lowest BCUT2D eigenvalue weighted by Gasteiger charge is -2.12. The topological polar surface area (TPSA) is 47.3 Å². The number of aromatic nitrogens is 2. The Morgan fingerprint density at radius 1 is 1.08 bits per heavy atom. The van der Waals surface area contributed by atoms with Crippen LogP contribution in [0.1, 0.15) is 29.8 Å². The Balaban J connectivity index is 1.67. The molecule has 0 bridgehead atoms. The second-order valence-corrected chi connectivity index (χ2v) is 6.47. The van der Waals surface area contributed by atoms with Gasteiger partial charge in [0, 0.05) is 19.6 Å². The molecule has 3 rings (SSSR count). The number of nitrogens with zero attached hydrogens (tertiary/aromatic N) is 2. The van der Waals surface area contributed by atoms with Crippen molar-refractivity contribution < 1.29 is 9.84 Å². The van der Waals surface area contributed by atoms with Gasteiger partial charge in [-0.1, -0.05) is 24.3 Å². The summed E-state index contributed by atoms with van der Waals surface area (Å²) in [5.74, 6) is 2.01. The average Bonchev–Trinajstić information content (AvgIpc) is 2.97. The third-order valence-electron chi connectivity index (χ3n) is 4.42. The van der Waals surface area contributed by atoms with Gasteiger partial charge in [0.05, 0.1) is 17.6 Å². The highest BCUT2D eigenvalue weighted by Gasteiger charge is 2.10. The number of aliphatic hydroxyl groups is 1. The van der Waals surface area contributed by atoms with E-state index in [0.29, 0.717) is 6.61 Å². The first-order valence-electron chi connectivity index (χ1n) is 8.94. The Kier molecular flexibility index (Phi) is 5.71. The molecule has 0 fully saturated rings. The summed E-state index contributed by atoms with van der Waals surface area (Å²) in [4.78, 5) is 4.72. The summed E-state index contributed by atoms with van der Waals surface area (Å²) in [5, 5.41) is 9.12. The molecule has 0 aliphatic heterocycles. The first kappa shape index (κ1) is 17.5. The number of ether oxygens (including phenoxy) is 1. The third-order valence-corrected chi connectivity index (χ3v) is 4.42. The summed E-state index contributed by atoms with van der Waals surface area (Å²) < 4.78 is 8.24. The predicted molar refractivity (Wildman–Crippen MR) is 101 cm³/mol. The summed E-state index contributed by atoms with van der Waals surface area (Å²) in [6.45, 7) is 5.89. The molecule has 0 saturated heterocycles. The van der Waals surface area contributed by atoms with Crippen LogP contribution in [0.3, 0.4) is 0 Å². The minimum Gasteiger partial charge on any atom is -0.493 e. The van der Waals surface area contributed by atoms with Crippen LogP contribution in [0.15, 0.2) is 42.5 Å². The molecule has 0 aliphatic rings. The van der Waals surface area contributed by atoms with Crippen molar-refractivity contribution in [2.75, 3.05) is 13.2 Å². The number of benzene rings is 2. The van der Waals surface area contributed by atoms with Crippen molar-refractivity contribution in [3.8, 4) is 5.75 Å². The van der Waals surface area contributed by atoms with Crippen molar-refractivity contribution in [1.82, 2.24) is 9.55 Å². The molecule has 1 heterocycles. The Labute approximate surface area is 149 Å². The summed E-state index contributed by atoms with van der Waals surface area (Å²) >= 11 is 0. The molecule has 0 atom stereocenters. The van der Waals surface area contributed by atoms with E-state index in [4.69, 9.17) is 14.8 Å². The highest BCUT2D eigenvalue weighted by atomic mass is 16.5. The summed E-state index contributed by atoms with van der Waals surface area (Å²) in [6, 6.07) is 14.5. The highest BCUT2D eigenvalue weighted by molar-refractivity contribution is 5.75. The molecule has 1 aromatic heterocycles. The van der Waals surface area contributed by atoms with Crippen LogP contribution in [0.2, 0.25) is 0 Å². The summed E-state index contributed by atoms with van der Waals surface area (Å²) in [6.07, 6.45) is 2.45. The van der Waals surface area contributed by atoms with Crippen molar-refractivity contribution in [2.24, 2.45) is 0 Å². The van der Waals surface area contributed by atoms with Gasteiger partial charge >= 0.3 is 0 Å². The van der Waals surface area contributed by atoms with Crippen molar-refractivity contribution in [1.29, 1.82) is 0 Å². The van der Waals surface area contributed by atoms with Crippen molar-refractivity contribution in [3.05, 3.63) is 59.4 Å². The molecular weight excluding hydrogens is 312 g/mol. The van der Waals surface area contributed by atoms with Gasteiger partial charge in [-0.3, -0.25) is 0 Å². The molecule has 0 amide bonds. The van der Waals surface area contributed by atoms with Gasteiger partial charge in [-0.25, -0.2) is 4.98 Å². The van der Waals surface area contributed by atoms with E-state index < -0.39 is 0 Å². The second kappa shape index (κ2) is 8.17. The van der Waals surface area contributed by atoms with Gasteiger partial charge in [-0.05, 0) is 56.0 Å². The number of fused-ring (bicyclic) bond motifs is 1. The van der Waals surface area contributed by atoms with Crippen LogP contribution in [0.25, 0.3) is 11.0 Å². The van der Waals surface area contributed by atoms with Crippen LogP contribution < -0.4 is 4.74 Å². The molecule has 4 heteroatoms. The number of hydrogen-bond acceptors (Lipinski definition) is 3. The fraction of sp³-hybridized carbons (Fsp3) is 0.381. The molecule has 3 aromatic rings. The van der Waals surface area contributed by atoms with E-state index in [9.17, 15) is 0 Å². The van der Waals surface area contributed by atoms with Crippen LogP contribution in [0.4, 0.5) is 0 Å². The molecule has 0 spiro atoms. The zero-order valence-electron chi connectivity index (χ0n) is 15.0. The maximum absolute atomic E-state index is 9.12. The maximum atomic E-state index is 9.12. The number of aryl methyl sites for hydroxylation is 4. The molecule has 0 radical (unpaired) electrons. The van der Waals surface area contributed by atoms with Gasteiger partial charge < -0.3 is 14.4 Å². The van der Waals surface area contributed by atoms with Gasteiger partial charge in [0.15, 0.2) is 0 Å². The first-order chi connectivity index (χ1) is 12.2. The average molecular weight is 338 g/mol. The quantitative estimate of drug-likeness (QED) is 0.630. The van der Waals surface area contributed by atoms with Crippen LogP contribution in [-0.4, -0.2) is 27.9 Å². The number of rotatable bonds is 8. The fourth-order valence-electron chi connectivity index (χ4n) is 3.07. The number of imidazole rings is 1. The monoisotopic (exact) mass is 338 g/mol. The minimum absolute atomic E-state index is 0.193. The standard InChI is InChI=1S/C21H26N2O2/c1-16-10-11-17(2)20(15-16)25-14-6-12-23-19-8-4-3-7-18(19)22-21(23)9-5-13-24/h3-4,7-8,10-11,15,24H,5-6,9,12-14H2,1-2H3. The first-order valence-corrected chi connectivity index (χ1v) is 8.94. The Morgan fingerprint density at radius 2 is 1.92 bits per heavy atom. The Hall–Kier alpha value is -2.33. The smallest absolute Gasteiger partial charge is 0.122 e. The van der Waals surface area contributed by atoms with E-state index in [0.717, 1.165) is 48.4 Å². The van der Waals surface area contributed by atoms with Crippen molar-refractivity contribution in [2.45, 2.75) is 39.7 Å². The van der Waals surface area contributed by atoms with Gasteiger partial charge in [-0.2, -0.15) is 0 Å². The molecule has 25 heavy (non-hydrogen) atoms. The molecule has 132 valence electrons. The maximum Gasteiger partial charge on any atom is 0.122 e. The molecule has 4 nitrogen and oxygen atoms in total. The van der Waals surface area contributed by atoms with Gasteiger partial charge in [0.1, 0.15) is 11.6 Å². The number of aliphatic hydroxyl groups excluding tert-OH is 1. The Morgan fingerprint density at radius 3 is 2.76 bits per heavy atom. The lowest BCUT2D eigenvalue weighted by molar-refractivity contribution is 0.285. The summed E-state index contributed by atoms with van der Waals surface area (Å²) in [7, 11) is 0. The minimum atomic E-state index is 0.193. The van der Waals surface area contributed by atoms with E-state index in [-0.39, 0.29) is 6.61 Å². The van der Waals surface area contributed by atoms with E-state index >= 15 is 0 Å². The molecule has 1 N–H and O–H groups in total. The molecular formula is C21H26N2O2. The van der Waals surface area contributed by atoms with Crippen LogP contribution in [-0.2, 0) is 13.0 Å². The van der Waals surface area contributed by atoms with Crippen molar-refractivity contribution >= 4 is 11.0 Å². The highest BCUT2D eigenvalue weighted by Crippen LogP contribution is 2.20. The number of hydrogen-bond donors (Lipinski definition) is 1. The van der Waals surface area contributed by atoms with E-state index in [1.54, 1.807) is 0 Å². The van der Waals surface area contributed by atoms with E-state index in [1.165, 1.54) is 11.1 Å². The molecule has 0 aliphatic carbocycles. The Bertz CT molecular complexity index is 839. The van der Waals surface area contributed by atoms with Gasteiger partial charge in [0.25, 0.3) is 0 Å². The zero-order chi connectivity index (χ0) is 17.6. The van der Waals surface area contributed by atoms with Gasteiger partial charge in [0.2, 0.25) is 0 Å². The van der Waals surface area contributed by atoms with Crippen LogP contribution in [0, 0.1) is 13.8 Å². The van der Waals surface area contributed by atoms with E-state index in [2.05, 4.69) is 42.7 Å². The van der Waals surface area contributed by atoms with Crippen LogP contribution in [0.5, 0.6) is 5.75 Å². The lowest BCUT2D eigenvalue weighted by Crippen LogP contribution is -2.09. The zero-order valence-corrected chi connectivity index (χ0v) is 15.0. The number of para-hydroxylation sites is 2. The van der Waals surface area contributed by atoms with Gasteiger partial charge in [-0.15, -0.1) is 0 Å². The van der Waals surface area contributed by atoms with Crippen LogP contribution >= 0.6 is 0 Å². The summed E-state index contributed by atoms with van der Waals surface area (Å²) in [5.41, 5.74) is 4.56. The normalized spacial score (nSPS) is 11.2. The molecule has 2 aromatic carbocycles.